The highest BCUT2D eigenvalue weighted by molar-refractivity contribution is 6.30. The van der Waals surface area contributed by atoms with E-state index < -0.39 is 96.1 Å². The average Bonchev–Trinajstić information content (AvgIpc) is 2.87. The number of benzene rings is 3. The molecule has 5 nitrogen and oxygen atoms in total. The van der Waals surface area contributed by atoms with Gasteiger partial charge in [-0.1, -0.05) is 47.9 Å². The highest BCUT2D eigenvalue weighted by Gasteiger charge is 2.07. The fourth-order valence-electron chi connectivity index (χ4n) is 2.29. The zero-order valence-corrected chi connectivity index (χ0v) is 15.7. The van der Waals surface area contributed by atoms with Crippen LogP contribution in [0.2, 0.25) is 5.02 Å². The summed E-state index contributed by atoms with van der Waals surface area (Å²) in [5.74, 6) is -1.58. The van der Waals surface area contributed by atoms with Crippen molar-refractivity contribution in [1.29, 1.82) is 0 Å². The molecule has 0 aliphatic carbocycles. The normalized spacial score (nSPS) is 18.8. The molecule has 0 amide bonds. The van der Waals surface area contributed by atoms with Crippen molar-refractivity contribution in [2.45, 2.75) is 6.08 Å². The lowest BCUT2D eigenvalue weighted by Gasteiger charge is -2.13. The second-order valence-corrected chi connectivity index (χ2v) is 6.03. The standard InChI is InChI=1S/C23H23ClN2O3/c24-20-8-2-6-18(13-20)22(27)15-25-10-11-26-21-9-3-5-17(14-21)16-4-1-7-19(12-16)23(28)29/h1-9,12-14,22,25-27H,10-11,15H2,(H,28,29)/t22-/m0/s1/i1D,2D,4D,6D,7D,8D,10D2,12D,13D,22D. The fraction of sp³-hybridized carbons (Fsp3) is 0.174. The Balaban J connectivity index is 1.82. The van der Waals surface area contributed by atoms with Gasteiger partial charge in [0.1, 0.15) is 0 Å². The van der Waals surface area contributed by atoms with Crippen LogP contribution in [0.4, 0.5) is 5.69 Å². The zero-order chi connectivity index (χ0) is 30.3. The van der Waals surface area contributed by atoms with E-state index in [2.05, 4.69) is 10.6 Å². The van der Waals surface area contributed by atoms with Crippen molar-refractivity contribution in [3.63, 3.8) is 0 Å². The number of aliphatic hydroxyl groups is 1. The van der Waals surface area contributed by atoms with Gasteiger partial charge in [0.2, 0.25) is 0 Å². The smallest absolute Gasteiger partial charge is 0.335 e. The number of hydrogen-bond donors (Lipinski definition) is 4. The van der Waals surface area contributed by atoms with E-state index >= 15 is 0 Å². The van der Waals surface area contributed by atoms with Gasteiger partial charge in [-0.3, -0.25) is 0 Å². The van der Waals surface area contributed by atoms with Gasteiger partial charge < -0.3 is 20.8 Å². The monoisotopic (exact) mass is 421 g/mol. The summed E-state index contributed by atoms with van der Waals surface area (Å²) >= 11 is 5.84. The van der Waals surface area contributed by atoms with Crippen LogP contribution in [-0.2, 0) is 0 Å². The summed E-state index contributed by atoms with van der Waals surface area (Å²) in [6, 6.07) is 0.601. The maximum absolute atomic E-state index is 11.6. The van der Waals surface area contributed by atoms with Gasteiger partial charge in [-0.05, 0) is 53.0 Å². The summed E-state index contributed by atoms with van der Waals surface area (Å²) < 4.78 is 88.1. The molecule has 0 bridgehead atoms. The summed E-state index contributed by atoms with van der Waals surface area (Å²) in [6.45, 7) is -3.57. The predicted octanol–water partition coefficient (Wildman–Crippen LogP) is 4.44. The molecule has 3 rings (SSSR count). The molecule has 0 saturated carbocycles. The van der Waals surface area contributed by atoms with E-state index in [0.717, 1.165) is 0 Å². The molecule has 0 unspecified atom stereocenters. The van der Waals surface area contributed by atoms with E-state index in [-0.39, 0.29) is 16.8 Å². The molecular formula is C23H23ClN2O3. The Morgan fingerprint density at radius 1 is 1.21 bits per heavy atom. The van der Waals surface area contributed by atoms with Crippen molar-refractivity contribution in [2.24, 2.45) is 0 Å². The minimum absolute atomic E-state index is 0.178. The lowest BCUT2D eigenvalue weighted by Crippen LogP contribution is -2.26. The third-order valence-electron chi connectivity index (χ3n) is 3.63. The van der Waals surface area contributed by atoms with Crippen molar-refractivity contribution in [1.82, 2.24) is 5.32 Å². The topological polar surface area (TPSA) is 81.6 Å². The third-order valence-corrected chi connectivity index (χ3v) is 3.82. The Morgan fingerprint density at radius 2 is 2.03 bits per heavy atom. The Bertz CT molecular complexity index is 1470. The largest absolute Gasteiger partial charge is 0.478 e. The van der Waals surface area contributed by atoms with Crippen molar-refractivity contribution < 1.29 is 30.1 Å². The number of halogens is 1. The quantitative estimate of drug-likeness (QED) is 0.410. The first-order chi connectivity index (χ1) is 18.4. The van der Waals surface area contributed by atoms with E-state index in [1.807, 2.05) is 0 Å². The molecule has 1 atom stereocenters. The van der Waals surface area contributed by atoms with E-state index in [0.29, 0.717) is 0 Å². The molecule has 6 heteroatoms. The lowest BCUT2D eigenvalue weighted by atomic mass is 10.0. The first-order valence-electron chi connectivity index (χ1n) is 13.8. The zero-order valence-electron chi connectivity index (χ0n) is 25.9. The van der Waals surface area contributed by atoms with E-state index in [9.17, 15) is 15.0 Å². The van der Waals surface area contributed by atoms with Crippen LogP contribution in [0.3, 0.4) is 0 Å². The van der Waals surface area contributed by atoms with Crippen molar-refractivity contribution >= 4 is 23.3 Å². The molecule has 0 saturated heterocycles. The number of hydrogen-bond acceptors (Lipinski definition) is 4. The van der Waals surface area contributed by atoms with Crippen molar-refractivity contribution in [3.05, 3.63) is 88.8 Å². The minimum Gasteiger partial charge on any atom is -0.478 e. The summed E-state index contributed by atoms with van der Waals surface area (Å²) in [4.78, 5) is 11.6. The molecule has 0 spiro atoms. The van der Waals surface area contributed by atoms with Gasteiger partial charge in [-0.25, -0.2) is 4.79 Å². The van der Waals surface area contributed by atoms with Gasteiger partial charge in [0.05, 0.1) is 24.0 Å². The molecule has 150 valence electrons. The molecule has 0 heterocycles. The molecule has 4 N–H and O–H groups in total. The van der Waals surface area contributed by atoms with Crippen LogP contribution in [0.1, 0.15) is 37.1 Å². The number of rotatable bonds is 9. The Hall–Kier alpha value is -2.86. The summed E-state index contributed by atoms with van der Waals surface area (Å²) in [7, 11) is 0. The molecule has 0 aliphatic heterocycles. The van der Waals surface area contributed by atoms with Gasteiger partial charge in [0, 0.05) is 33.0 Å². The first kappa shape index (κ1) is 10.8. The summed E-state index contributed by atoms with van der Waals surface area (Å²) in [5, 5.41) is 24.6. The molecule has 3 aromatic rings. The fourth-order valence-corrected chi connectivity index (χ4v) is 2.43. The van der Waals surface area contributed by atoms with E-state index in [1.165, 1.54) is 24.3 Å². The molecule has 3 aromatic carbocycles. The highest BCUT2D eigenvalue weighted by atomic mass is 35.5. The Kier molecular flexibility index (Phi) is 3.75. The molecule has 29 heavy (non-hydrogen) atoms. The lowest BCUT2D eigenvalue weighted by molar-refractivity contribution is 0.0697. The van der Waals surface area contributed by atoms with Gasteiger partial charge in [-0.2, -0.15) is 0 Å². The van der Waals surface area contributed by atoms with Gasteiger partial charge >= 0.3 is 5.97 Å². The van der Waals surface area contributed by atoms with Crippen LogP contribution in [0.25, 0.3) is 11.1 Å². The number of carboxylic acids is 1. The maximum atomic E-state index is 11.6. The predicted molar refractivity (Wildman–Crippen MR) is 117 cm³/mol. The Labute approximate surface area is 190 Å². The number of carbonyl (C=O) groups is 1. The molecule has 0 aliphatic rings. The summed E-state index contributed by atoms with van der Waals surface area (Å²) in [5.41, 5.74) is -1.11. The second-order valence-electron chi connectivity index (χ2n) is 5.66. The van der Waals surface area contributed by atoms with E-state index in [4.69, 9.17) is 26.7 Å². The van der Waals surface area contributed by atoms with E-state index in [1.54, 1.807) is 0 Å². The number of aromatic carboxylic acids is 1. The van der Waals surface area contributed by atoms with Crippen LogP contribution >= 0.6 is 11.6 Å². The minimum atomic E-state index is -2.75. The second kappa shape index (κ2) is 10.1. The third kappa shape index (κ3) is 6.06. The number of carboxylic acid groups (broad SMARTS) is 1. The molecular weight excluding hydrogens is 388 g/mol. The molecule has 0 aromatic heterocycles. The maximum Gasteiger partial charge on any atom is 0.335 e. The van der Waals surface area contributed by atoms with Crippen LogP contribution in [0.15, 0.2) is 72.6 Å². The number of anilines is 1. The van der Waals surface area contributed by atoms with Crippen molar-refractivity contribution in [2.75, 3.05) is 24.9 Å². The van der Waals surface area contributed by atoms with Crippen LogP contribution in [0, 0.1) is 0 Å². The number of nitrogens with one attached hydrogen (secondary N) is 2. The molecule has 0 fully saturated rings. The van der Waals surface area contributed by atoms with Crippen LogP contribution in [-0.4, -0.2) is 35.8 Å². The van der Waals surface area contributed by atoms with Gasteiger partial charge in [0.25, 0.3) is 0 Å². The SMILES string of the molecule is [2H]c1c([2H])c(C(=O)O)c([2H])c(-c2cccc(NCC([2H])([2H])NC[C@]([2H])(O)c3c([2H])c([2H])c([2H])c(Cl)c3[2H])c2)c1[2H]. The van der Waals surface area contributed by atoms with Crippen LogP contribution in [0.5, 0.6) is 0 Å². The van der Waals surface area contributed by atoms with Crippen LogP contribution < -0.4 is 10.6 Å². The first-order valence-corrected chi connectivity index (χ1v) is 8.70. The average molecular weight is 422 g/mol. The molecule has 0 radical (unpaired) electrons. The van der Waals surface area contributed by atoms with Gasteiger partial charge in [0.15, 0.2) is 0 Å². The summed E-state index contributed by atoms with van der Waals surface area (Å²) in [6.07, 6.45) is -2.75. The van der Waals surface area contributed by atoms with Crippen molar-refractivity contribution in [3.8, 4) is 11.1 Å². The van der Waals surface area contributed by atoms with Gasteiger partial charge in [-0.15, -0.1) is 0 Å². The Morgan fingerprint density at radius 3 is 2.86 bits per heavy atom. The highest BCUT2D eigenvalue weighted by Crippen LogP contribution is 2.23.